The maximum atomic E-state index is 6.09. The number of H-pyrrole nitrogens is 1. The molecule has 0 bridgehead atoms. The SMILES string of the molecule is CCCC(N)(CC)c1nn[nH]n1. The zero-order valence-corrected chi connectivity index (χ0v) is 7.54. The summed E-state index contributed by atoms with van der Waals surface area (Å²) in [5.41, 5.74) is 5.69. The van der Waals surface area contributed by atoms with E-state index in [9.17, 15) is 0 Å². The summed E-state index contributed by atoms with van der Waals surface area (Å²) < 4.78 is 0. The third kappa shape index (κ3) is 1.61. The fourth-order valence-electron chi connectivity index (χ4n) is 1.27. The number of hydrogen-bond acceptors (Lipinski definition) is 4. The number of rotatable bonds is 4. The van der Waals surface area contributed by atoms with Crippen molar-refractivity contribution < 1.29 is 0 Å². The van der Waals surface area contributed by atoms with Crippen LogP contribution in [-0.2, 0) is 5.54 Å². The first-order valence-electron chi connectivity index (χ1n) is 4.25. The van der Waals surface area contributed by atoms with Crippen LogP contribution < -0.4 is 5.73 Å². The monoisotopic (exact) mass is 169 g/mol. The van der Waals surface area contributed by atoms with Crippen molar-refractivity contribution in [3.05, 3.63) is 5.82 Å². The molecule has 0 radical (unpaired) electrons. The largest absolute Gasteiger partial charge is 0.319 e. The molecule has 68 valence electrons. The molecule has 5 heteroatoms. The van der Waals surface area contributed by atoms with E-state index in [-0.39, 0.29) is 0 Å². The van der Waals surface area contributed by atoms with Crippen LogP contribution >= 0.6 is 0 Å². The number of aromatic amines is 1. The van der Waals surface area contributed by atoms with Gasteiger partial charge in [-0.25, -0.2) is 0 Å². The molecule has 12 heavy (non-hydrogen) atoms. The smallest absolute Gasteiger partial charge is 0.194 e. The molecular weight excluding hydrogens is 154 g/mol. The molecule has 0 saturated carbocycles. The van der Waals surface area contributed by atoms with Crippen LogP contribution in [0.5, 0.6) is 0 Å². The van der Waals surface area contributed by atoms with Gasteiger partial charge in [0.05, 0.1) is 5.54 Å². The summed E-state index contributed by atoms with van der Waals surface area (Å²) in [6.45, 7) is 4.13. The Hall–Kier alpha value is -0.970. The summed E-state index contributed by atoms with van der Waals surface area (Å²) in [7, 11) is 0. The molecule has 0 saturated heterocycles. The average molecular weight is 169 g/mol. The number of hydrogen-bond donors (Lipinski definition) is 2. The molecule has 0 fully saturated rings. The molecule has 1 unspecified atom stereocenters. The van der Waals surface area contributed by atoms with Crippen LogP contribution in [-0.4, -0.2) is 20.6 Å². The Morgan fingerprint density at radius 2 is 2.25 bits per heavy atom. The Morgan fingerprint density at radius 3 is 2.67 bits per heavy atom. The van der Waals surface area contributed by atoms with Gasteiger partial charge in [-0.1, -0.05) is 25.5 Å². The van der Waals surface area contributed by atoms with Crippen LogP contribution in [0.1, 0.15) is 38.9 Å². The van der Waals surface area contributed by atoms with Crippen molar-refractivity contribution in [1.29, 1.82) is 0 Å². The Morgan fingerprint density at radius 1 is 1.50 bits per heavy atom. The van der Waals surface area contributed by atoms with Crippen LogP contribution in [0, 0.1) is 0 Å². The van der Waals surface area contributed by atoms with E-state index >= 15 is 0 Å². The lowest BCUT2D eigenvalue weighted by atomic mass is 9.91. The third-order valence-electron chi connectivity index (χ3n) is 2.12. The van der Waals surface area contributed by atoms with Crippen molar-refractivity contribution in [2.24, 2.45) is 5.73 Å². The van der Waals surface area contributed by atoms with Crippen LogP contribution in [0.2, 0.25) is 0 Å². The van der Waals surface area contributed by atoms with Gasteiger partial charge in [0, 0.05) is 0 Å². The lowest BCUT2D eigenvalue weighted by molar-refractivity contribution is 0.367. The van der Waals surface area contributed by atoms with Gasteiger partial charge in [0.2, 0.25) is 0 Å². The summed E-state index contributed by atoms with van der Waals surface area (Å²) in [5.74, 6) is 0.617. The van der Waals surface area contributed by atoms with Gasteiger partial charge in [-0.05, 0) is 12.8 Å². The van der Waals surface area contributed by atoms with E-state index in [4.69, 9.17) is 5.73 Å². The predicted octanol–water partition coefficient (Wildman–Crippen LogP) is 0.564. The van der Waals surface area contributed by atoms with Crippen LogP contribution in [0.3, 0.4) is 0 Å². The average Bonchev–Trinajstić information content (AvgIpc) is 2.57. The number of aromatic nitrogens is 4. The predicted molar refractivity (Wildman–Crippen MR) is 45.2 cm³/mol. The Labute approximate surface area is 71.7 Å². The van der Waals surface area contributed by atoms with E-state index in [2.05, 4.69) is 27.5 Å². The molecule has 1 aromatic heterocycles. The lowest BCUT2D eigenvalue weighted by Gasteiger charge is -2.22. The number of nitrogens with zero attached hydrogens (tertiary/aromatic N) is 3. The van der Waals surface area contributed by atoms with Gasteiger partial charge in [-0.15, -0.1) is 10.2 Å². The van der Waals surface area contributed by atoms with Gasteiger partial charge in [-0.2, -0.15) is 5.21 Å². The molecule has 1 aromatic rings. The molecule has 0 aliphatic rings. The minimum Gasteiger partial charge on any atom is -0.319 e. The number of tetrazole rings is 1. The molecule has 1 rings (SSSR count). The number of nitrogens with two attached hydrogens (primary N) is 1. The van der Waals surface area contributed by atoms with Gasteiger partial charge in [0.25, 0.3) is 0 Å². The molecule has 0 aliphatic heterocycles. The van der Waals surface area contributed by atoms with Crippen LogP contribution in [0.4, 0.5) is 0 Å². The standard InChI is InChI=1S/C7H15N5/c1-3-5-7(8,4-2)6-9-11-12-10-6/h3-5,8H2,1-2H3,(H,9,10,11,12). The second kappa shape index (κ2) is 3.62. The van der Waals surface area contributed by atoms with Crippen molar-refractivity contribution in [3.63, 3.8) is 0 Å². The Kier molecular flexibility index (Phi) is 2.75. The normalized spacial score (nSPS) is 15.9. The quantitative estimate of drug-likeness (QED) is 0.690. The molecule has 0 aliphatic carbocycles. The van der Waals surface area contributed by atoms with Crippen LogP contribution in [0.25, 0.3) is 0 Å². The molecule has 0 aromatic carbocycles. The first kappa shape index (κ1) is 9.12. The first-order chi connectivity index (χ1) is 5.73. The van der Waals surface area contributed by atoms with E-state index in [1.807, 2.05) is 6.92 Å². The highest BCUT2D eigenvalue weighted by atomic mass is 15.5. The topological polar surface area (TPSA) is 80.5 Å². The van der Waals surface area contributed by atoms with Gasteiger partial charge in [-0.3, -0.25) is 0 Å². The van der Waals surface area contributed by atoms with Gasteiger partial charge < -0.3 is 5.73 Å². The van der Waals surface area contributed by atoms with Crippen molar-refractivity contribution in [2.75, 3.05) is 0 Å². The summed E-state index contributed by atoms with van der Waals surface area (Å²) in [6.07, 6.45) is 2.75. The minimum absolute atomic E-state index is 0.401. The lowest BCUT2D eigenvalue weighted by Crippen LogP contribution is -2.37. The Balaban J connectivity index is 2.80. The minimum atomic E-state index is -0.401. The van der Waals surface area contributed by atoms with Crippen molar-refractivity contribution >= 4 is 0 Å². The molecule has 0 amide bonds. The van der Waals surface area contributed by atoms with E-state index in [1.54, 1.807) is 0 Å². The molecule has 1 atom stereocenters. The second-order valence-electron chi connectivity index (χ2n) is 3.00. The first-order valence-corrected chi connectivity index (χ1v) is 4.25. The third-order valence-corrected chi connectivity index (χ3v) is 2.12. The fourth-order valence-corrected chi connectivity index (χ4v) is 1.27. The van der Waals surface area contributed by atoms with E-state index in [1.165, 1.54) is 0 Å². The fraction of sp³-hybridized carbons (Fsp3) is 0.857. The van der Waals surface area contributed by atoms with Gasteiger partial charge in [0.1, 0.15) is 0 Å². The highest BCUT2D eigenvalue weighted by molar-refractivity contribution is 4.99. The van der Waals surface area contributed by atoms with Crippen molar-refractivity contribution in [1.82, 2.24) is 20.6 Å². The zero-order valence-electron chi connectivity index (χ0n) is 7.54. The molecule has 5 nitrogen and oxygen atoms in total. The zero-order chi connectivity index (χ0) is 9.03. The maximum Gasteiger partial charge on any atom is 0.194 e. The molecular formula is C7H15N5. The van der Waals surface area contributed by atoms with E-state index in [0.717, 1.165) is 19.3 Å². The molecule has 0 spiro atoms. The number of nitrogens with one attached hydrogen (secondary N) is 1. The summed E-state index contributed by atoms with van der Waals surface area (Å²) in [6, 6.07) is 0. The highest BCUT2D eigenvalue weighted by Crippen LogP contribution is 2.22. The summed E-state index contributed by atoms with van der Waals surface area (Å²) in [5, 5.41) is 13.7. The maximum absolute atomic E-state index is 6.09. The second-order valence-corrected chi connectivity index (χ2v) is 3.00. The highest BCUT2D eigenvalue weighted by Gasteiger charge is 2.28. The Bertz CT molecular complexity index is 220. The van der Waals surface area contributed by atoms with E-state index < -0.39 is 5.54 Å². The van der Waals surface area contributed by atoms with Gasteiger partial charge >= 0.3 is 0 Å². The van der Waals surface area contributed by atoms with Crippen molar-refractivity contribution in [2.45, 2.75) is 38.6 Å². The van der Waals surface area contributed by atoms with Crippen LogP contribution in [0.15, 0.2) is 0 Å². The molecule has 1 heterocycles. The van der Waals surface area contributed by atoms with Gasteiger partial charge in [0.15, 0.2) is 5.82 Å². The summed E-state index contributed by atoms with van der Waals surface area (Å²) >= 11 is 0. The molecule has 3 N–H and O–H groups in total. The van der Waals surface area contributed by atoms with E-state index in [0.29, 0.717) is 5.82 Å². The van der Waals surface area contributed by atoms with Crippen molar-refractivity contribution in [3.8, 4) is 0 Å². The summed E-state index contributed by atoms with van der Waals surface area (Å²) in [4.78, 5) is 0.